The second kappa shape index (κ2) is 7.35. The minimum atomic E-state index is -2.09. The van der Waals surface area contributed by atoms with Crippen LogP contribution in [-0.2, 0) is 14.3 Å². The summed E-state index contributed by atoms with van der Waals surface area (Å²) in [5.74, 6) is -3.74. The molecule has 7 rings (SSSR count). The van der Waals surface area contributed by atoms with E-state index in [-0.39, 0.29) is 11.1 Å². The molecule has 36 heavy (non-hydrogen) atoms. The molecular weight excluding hydrogens is 462 g/mol. The number of carbonyl (C=O) groups excluding carboxylic acids is 4. The van der Waals surface area contributed by atoms with Gasteiger partial charge in [-0.3, -0.25) is 19.2 Å². The van der Waals surface area contributed by atoms with Crippen LogP contribution in [0.15, 0.2) is 72.8 Å². The van der Waals surface area contributed by atoms with Gasteiger partial charge in [-0.05, 0) is 17.7 Å². The Hall–Kier alpha value is -4.30. The van der Waals surface area contributed by atoms with Crippen molar-refractivity contribution in [2.24, 2.45) is 11.8 Å². The van der Waals surface area contributed by atoms with Gasteiger partial charge in [0.1, 0.15) is 13.2 Å². The molecule has 1 spiro atoms. The maximum absolute atomic E-state index is 14.0. The number of ketones is 2. The van der Waals surface area contributed by atoms with Gasteiger partial charge in [0.15, 0.2) is 11.5 Å². The molecular formula is C28H19NO7. The number of amides is 2. The van der Waals surface area contributed by atoms with E-state index < -0.39 is 46.9 Å². The summed E-state index contributed by atoms with van der Waals surface area (Å²) in [6, 6.07) is 20.2. The Labute approximate surface area is 205 Å². The van der Waals surface area contributed by atoms with E-state index in [1.165, 1.54) is 0 Å². The molecule has 2 amide bonds. The third kappa shape index (κ3) is 2.56. The van der Waals surface area contributed by atoms with Gasteiger partial charge >= 0.3 is 0 Å². The lowest BCUT2D eigenvalue weighted by molar-refractivity contribution is -0.127. The standard InChI is InChI=1S/C28H19NO7/c30-24-17-8-4-5-9-18(17)25(31)28(24)22-21(23(36-28)15-6-2-1-3-7-15)26(32)29(27(22)33)16-10-11-19-20(14-16)35-13-12-34-19/h1-11,14,21-23H,12-13H2. The first kappa shape index (κ1) is 21.0. The SMILES string of the molecule is O=C1C2C(c3ccccc3)OC3(C(=O)c4ccccc4C3=O)C2C(=O)N1c1ccc2c(c1)OCCO2. The van der Waals surface area contributed by atoms with Crippen LogP contribution in [0.25, 0.3) is 0 Å². The van der Waals surface area contributed by atoms with Gasteiger partial charge in [-0.25, -0.2) is 4.90 Å². The normalized spacial score (nSPS) is 25.4. The molecule has 3 heterocycles. The zero-order chi connectivity index (χ0) is 24.6. The van der Waals surface area contributed by atoms with Crippen LogP contribution >= 0.6 is 0 Å². The molecule has 1 aliphatic carbocycles. The maximum atomic E-state index is 14.0. The molecule has 0 bridgehead atoms. The monoisotopic (exact) mass is 481 g/mol. The van der Waals surface area contributed by atoms with Crippen LogP contribution in [0.2, 0.25) is 0 Å². The van der Waals surface area contributed by atoms with Crippen molar-refractivity contribution < 1.29 is 33.4 Å². The molecule has 0 N–H and O–H groups in total. The number of nitrogens with zero attached hydrogens (tertiary/aromatic N) is 1. The summed E-state index contributed by atoms with van der Waals surface area (Å²) < 4.78 is 17.5. The Morgan fingerprint density at radius 1 is 0.722 bits per heavy atom. The zero-order valence-corrected chi connectivity index (χ0v) is 18.9. The van der Waals surface area contributed by atoms with Gasteiger partial charge in [-0.15, -0.1) is 0 Å². The first-order valence-electron chi connectivity index (χ1n) is 11.7. The highest BCUT2D eigenvalue weighted by molar-refractivity contribution is 6.37. The number of rotatable bonds is 2. The topological polar surface area (TPSA) is 99.2 Å². The molecule has 8 heteroatoms. The van der Waals surface area contributed by atoms with Crippen LogP contribution in [-0.4, -0.2) is 42.2 Å². The van der Waals surface area contributed by atoms with Crippen LogP contribution in [0.5, 0.6) is 11.5 Å². The molecule has 8 nitrogen and oxygen atoms in total. The van der Waals surface area contributed by atoms with Gasteiger partial charge < -0.3 is 14.2 Å². The lowest BCUT2D eigenvalue weighted by Gasteiger charge is -2.27. The second-order valence-corrected chi connectivity index (χ2v) is 9.23. The number of ether oxygens (including phenoxy) is 3. The molecule has 3 aliphatic heterocycles. The van der Waals surface area contributed by atoms with E-state index in [2.05, 4.69) is 0 Å². The predicted octanol–water partition coefficient (Wildman–Crippen LogP) is 3.15. The van der Waals surface area contributed by atoms with Gasteiger partial charge in [0.25, 0.3) is 0 Å². The highest BCUT2D eigenvalue weighted by Gasteiger charge is 2.74. The Balaban J connectivity index is 1.39. The minimum Gasteiger partial charge on any atom is -0.486 e. The lowest BCUT2D eigenvalue weighted by atomic mass is 9.77. The van der Waals surface area contributed by atoms with Crippen LogP contribution in [0, 0.1) is 11.8 Å². The molecule has 178 valence electrons. The first-order valence-corrected chi connectivity index (χ1v) is 11.7. The summed E-state index contributed by atoms with van der Waals surface area (Å²) >= 11 is 0. The molecule has 4 aliphatic rings. The Morgan fingerprint density at radius 3 is 2.06 bits per heavy atom. The molecule has 3 aromatic rings. The Bertz CT molecular complexity index is 1450. The number of benzene rings is 3. The number of imide groups is 1. The van der Waals surface area contributed by atoms with E-state index >= 15 is 0 Å². The van der Waals surface area contributed by atoms with Crippen LogP contribution in [0.1, 0.15) is 32.4 Å². The Kier molecular flexibility index (Phi) is 4.29. The number of hydrogen-bond acceptors (Lipinski definition) is 7. The average Bonchev–Trinajstić information content (AvgIpc) is 3.49. The summed E-state index contributed by atoms with van der Waals surface area (Å²) in [6.07, 6.45) is -0.947. The van der Waals surface area contributed by atoms with Crippen LogP contribution in [0.4, 0.5) is 5.69 Å². The quantitative estimate of drug-likeness (QED) is 0.410. The van der Waals surface area contributed by atoms with Crippen molar-refractivity contribution in [1.82, 2.24) is 0 Å². The van der Waals surface area contributed by atoms with Crippen molar-refractivity contribution in [3.05, 3.63) is 89.5 Å². The Morgan fingerprint density at radius 2 is 1.36 bits per heavy atom. The molecule has 3 atom stereocenters. The number of anilines is 1. The minimum absolute atomic E-state index is 0.202. The zero-order valence-electron chi connectivity index (χ0n) is 18.9. The van der Waals surface area contributed by atoms with Crippen molar-refractivity contribution in [3.8, 4) is 11.5 Å². The van der Waals surface area contributed by atoms with Crippen molar-refractivity contribution in [2.45, 2.75) is 11.7 Å². The maximum Gasteiger partial charge on any atom is 0.241 e. The highest BCUT2D eigenvalue weighted by Crippen LogP contribution is 2.57. The summed E-state index contributed by atoms with van der Waals surface area (Å²) in [6.45, 7) is 0.749. The van der Waals surface area contributed by atoms with E-state index in [4.69, 9.17) is 14.2 Å². The summed E-state index contributed by atoms with van der Waals surface area (Å²) in [4.78, 5) is 56.5. The van der Waals surface area contributed by atoms with Gasteiger partial charge in [0, 0.05) is 17.2 Å². The number of hydrogen-bond donors (Lipinski definition) is 0. The third-order valence-corrected chi connectivity index (χ3v) is 7.43. The largest absolute Gasteiger partial charge is 0.486 e. The third-order valence-electron chi connectivity index (χ3n) is 7.43. The van der Waals surface area contributed by atoms with Gasteiger partial charge in [0.05, 0.1) is 23.6 Å². The molecule has 2 saturated heterocycles. The van der Waals surface area contributed by atoms with Gasteiger partial charge in [-0.2, -0.15) is 0 Å². The van der Waals surface area contributed by atoms with Crippen molar-refractivity contribution in [2.75, 3.05) is 18.1 Å². The van der Waals surface area contributed by atoms with E-state index in [0.29, 0.717) is 36.0 Å². The number of Topliss-reactive ketones (excluding diaryl/α,β-unsaturated/α-hetero) is 2. The smallest absolute Gasteiger partial charge is 0.241 e. The molecule has 2 fully saturated rings. The molecule has 3 aromatic carbocycles. The summed E-state index contributed by atoms with van der Waals surface area (Å²) in [5, 5.41) is 0. The molecule has 0 aromatic heterocycles. The highest BCUT2D eigenvalue weighted by atomic mass is 16.6. The summed E-state index contributed by atoms with van der Waals surface area (Å²) in [5.41, 5.74) is -0.780. The van der Waals surface area contributed by atoms with Gasteiger partial charge in [-0.1, -0.05) is 54.6 Å². The van der Waals surface area contributed by atoms with E-state index in [9.17, 15) is 19.2 Å². The van der Waals surface area contributed by atoms with E-state index in [1.54, 1.807) is 66.7 Å². The predicted molar refractivity (Wildman–Crippen MR) is 125 cm³/mol. The van der Waals surface area contributed by atoms with Gasteiger partial charge in [0.2, 0.25) is 29.0 Å². The van der Waals surface area contributed by atoms with Crippen LogP contribution < -0.4 is 14.4 Å². The fraction of sp³-hybridized carbons (Fsp3) is 0.214. The van der Waals surface area contributed by atoms with Crippen molar-refractivity contribution in [3.63, 3.8) is 0 Å². The van der Waals surface area contributed by atoms with Crippen molar-refractivity contribution >= 4 is 29.1 Å². The summed E-state index contributed by atoms with van der Waals surface area (Å²) in [7, 11) is 0. The van der Waals surface area contributed by atoms with Crippen LogP contribution in [0.3, 0.4) is 0 Å². The van der Waals surface area contributed by atoms with E-state index in [1.807, 2.05) is 6.07 Å². The van der Waals surface area contributed by atoms with E-state index in [0.717, 1.165) is 4.90 Å². The molecule has 0 radical (unpaired) electrons. The fourth-order valence-electron chi connectivity index (χ4n) is 5.89. The number of carbonyl (C=O) groups is 4. The molecule has 3 unspecified atom stereocenters. The lowest BCUT2D eigenvalue weighted by Crippen LogP contribution is -2.51. The first-order chi connectivity index (χ1) is 17.5. The van der Waals surface area contributed by atoms with Crippen molar-refractivity contribution in [1.29, 1.82) is 0 Å². The average molecular weight is 481 g/mol. The number of fused-ring (bicyclic) bond motifs is 4. The molecule has 0 saturated carbocycles. The fourth-order valence-corrected chi connectivity index (χ4v) is 5.89. The second-order valence-electron chi connectivity index (χ2n) is 9.23.